The second kappa shape index (κ2) is 6.71. The Morgan fingerprint density at radius 2 is 1.81 bits per heavy atom. The number of hydrogen-bond acceptors (Lipinski definition) is 5. The number of fused-ring (bicyclic) bond motifs is 3. The summed E-state index contributed by atoms with van der Waals surface area (Å²) in [5.74, 6) is -0.271. The Hall–Kier alpha value is -1.17. The Labute approximate surface area is 162 Å². The van der Waals surface area contributed by atoms with Gasteiger partial charge in [0.15, 0.2) is 0 Å². The van der Waals surface area contributed by atoms with E-state index in [9.17, 15) is 20.1 Å². The minimum atomic E-state index is -1.02. The van der Waals surface area contributed by atoms with E-state index in [1.165, 1.54) is 6.92 Å². The number of esters is 1. The Morgan fingerprint density at radius 3 is 2.41 bits per heavy atom. The fourth-order valence-electron chi connectivity index (χ4n) is 6.02. The number of hydrogen-bond donors (Lipinski definition) is 3. The molecule has 3 rings (SSSR count). The van der Waals surface area contributed by atoms with Crippen LogP contribution in [0.4, 0.5) is 0 Å². The van der Waals surface area contributed by atoms with Crippen molar-refractivity contribution in [2.45, 2.75) is 84.7 Å². The van der Waals surface area contributed by atoms with Crippen LogP contribution >= 0.6 is 0 Å². The lowest BCUT2D eigenvalue weighted by molar-refractivity contribution is -0.151. The van der Waals surface area contributed by atoms with E-state index >= 15 is 0 Å². The molecule has 0 amide bonds. The molecule has 3 N–H and O–H groups in total. The van der Waals surface area contributed by atoms with Crippen LogP contribution in [-0.4, -0.2) is 45.7 Å². The fraction of sp³-hybridized carbons (Fsp3) is 0.773. The Balaban J connectivity index is 2.08. The molecule has 0 aliphatic heterocycles. The molecule has 0 aromatic carbocycles. The third-order valence-corrected chi connectivity index (χ3v) is 7.85. The van der Waals surface area contributed by atoms with Crippen molar-refractivity contribution >= 4 is 5.97 Å². The molecule has 0 aromatic heterocycles. The van der Waals surface area contributed by atoms with Gasteiger partial charge in [0, 0.05) is 12.3 Å². The molecule has 7 atom stereocenters. The highest BCUT2D eigenvalue weighted by molar-refractivity contribution is 5.66. The average molecular weight is 379 g/mol. The summed E-state index contributed by atoms with van der Waals surface area (Å²) in [5, 5.41) is 33.0. The molecular formula is C22H34O5. The number of carbonyl (C=O) groups is 1. The molecule has 3 aliphatic rings. The van der Waals surface area contributed by atoms with Gasteiger partial charge in [-0.1, -0.05) is 27.4 Å². The minimum Gasteiger partial charge on any atom is -0.458 e. The topological polar surface area (TPSA) is 87.0 Å². The number of aliphatic hydroxyl groups excluding tert-OH is 3. The van der Waals surface area contributed by atoms with Crippen LogP contribution in [-0.2, 0) is 9.53 Å². The zero-order valence-electron chi connectivity index (χ0n) is 17.2. The largest absolute Gasteiger partial charge is 0.458 e. The van der Waals surface area contributed by atoms with Crippen LogP contribution in [0.2, 0.25) is 0 Å². The predicted octanol–water partition coefficient (Wildman–Crippen LogP) is 2.74. The molecule has 0 heterocycles. The summed E-state index contributed by atoms with van der Waals surface area (Å²) in [6.07, 6.45) is -0.320. The van der Waals surface area contributed by atoms with E-state index < -0.39 is 23.7 Å². The number of carbonyl (C=O) groups excluding carboxylic acids is 1. The molecule has 0 unspecified atom stereocenters. The van der Waals surface area contributed by atoms with Crippen molar-refractivity contribution in [2.75, 3.05) is 0 Å². The van der Waals surface area contributed by atoms with Gasteiger partial charge < -0.3 is 20.1 Å². The van der Waals surface area contributed by atoms with Crippen molar-refractivity contribution in [1.82, 2.24) is 0 Å². The SMILES string of the molecule is C=C1[C@@H](OC(C)=O)CC[C@]2(C)[C@@H]1C[C@@H]1C[C@H](O)C(C)=C([C@@H](O)[C@@H]2O)C1(C)C. The van der Waals surface area contributed by atoms with Crippen LogP contribution in [0.3, 0.4) is 0 Å². The lowest BCUT2D eigenvalue weighted by atomic mass is 9.50. The molecule has 2 fully saturated rings. The normalized spacial score (nSPS) is 44.2. The van der Waals surface area contributed by atoms with Gasteiger partial charge >= 0.3 is 5.97 Å². The van der Waals surface area contributed by atoms with Crippen LogP contribution in [0.25, 0.3) is 0 Å². The number of rotatable bonds is 1. The van der Waals surface area contributed by atoms with Gasteiger partial charge in [0.25, 0.3) is 0 Å². The number of aliphatic hydroxyl groups is 3. The van der Waals surface area contributed by atoms with Gasteiger partial charge in [0.05, 0.1) is 12.2 Å². The van der Waals surface area contributed by atoms with Crippen molar-refractivity contribution in [1.29, 1.82) is 0 Å². The summed E-state index contributed by atoms with van der Waals surface area (Å²) in [6.45, 7) is 13.7. The third kappa shape index (κ3) is 3.08. The molecule has 0 spiro atoms. The Bertz CT molecular complexity index is 678. The van der Waals surface area contributed by atoms with Gasteiger partial charge in [-0.2, -0.15) is 0 Å². The van der Waals surface area contributed by atoms with Gasteiger partial charge in [0.2, 0.25) is 0 Å². The van der Waals surface area contributed by atoms with Gasteiger partial charge in [0.1, 0.15) is 12.2 Å². The molecule has 5 nitrogen and oxygen atoms in total. The van der Waals surface area contributed by atoms with E-state index in [4.69, 9.17) is 4.74 Å². The first-order valence-corrected chi connectivity index (χ1v) is 10.0. The first-order valence-electron chi connectivity index (χ1n) is 10.0. The molecule has 0 radical (unpaired) electrons. The van der Waals surface area contributed by atoms with Crippen molar-refractivity contribution in [2.24, 2.45) is 22.7 Å². The Morgan fingerprint density at radius 1 is 1.19 bits per heavy atom. The lowest BCUT2D eigenvalue weighted by Crippen LogP contribution is -2.57. The molecule has 3 aliphatic carbocycles. The maximum absolute atomic E-state index is 11.5. The van der Waals surface area contributed by atoms with Crippen molar-refractivity contribution in [3.63, 3.8) is 0 Å². The fourth-order valence-corrected chi connectivity index (χ4v) is 6.02. The van der Waals surface area contributed by atoms with Crippen LogP contribution in [0.15, 0.2) is 23.3 Å². The predicted molar refractivity (Wildman–Crippen MR) is 103 cm³/mol. The van der Waals surface area contributed by atoms with Crippen molar-refractivity contribution in [3.8, 4) is 0 Å². The molecule has 152 valence electrons. The summed E-state index contributed by atoms with van der Waals surface area (Å²) in [4.78, 5) is 11.5. The van der Waals surface area contributed by atoms with E-state index in [1.54, 1.807) is 0 Å². The highest BCUT2D eigenvalue weighted by Gasteiger charge is 2.57. The zero-order valence-corrected chi connectivity index (χ0v) is 17.2. The first kappa shape index (κ1) is 20.6. The molecular weight excluding hydrogens is 344 g/mol. The standard InChI is InChI=1S/C22H34O5/c1-11-15-9-14-10-16(24)12(2)18(21(14,4)5)19(25)20(26)22(15,6)8-7-17(11)27-13(3)23/h14-17,19-20,24-26H,1,7-10H2,2-6H3/t14-,15-,16+,17+,19-,20+,22-/m1/s1. The quantitative estimate of drug-likeness (QED) is 0.482. The van der Waals surface area contributed by atoms with E-state index in [2.05, 4.69) is 20.4 Å². The summed E-state index contributed by atoms with van der Waals surface area (Å²) < 4.78 is 5.48. The van der Waals surface area contributed by atoms with Crippen molar-refractivity contribution < 1.29 is 24.9 Å². The first-order chi connectivity index (χ1) is 12.4. The van der Waals surface area contributed by atoms with Gasteiger partial charge in [-0.3, -0.25) is 4.79 Å². The molecule has 0 aromatic rings. The van der Waals surface area contributed by atoms with Crippen molar-refractivity contribution in [3.05, 3.63) is 23.3 Å². The summed E-state index contributed by atoms with van der Waals surface area (Å²) >= 11 is 0. The van der Waals surface area contributed by atoms with Crippen LogP contribution in [0.1, 0.15) is 60.3 Å². The maximum atomic E-state index is 11.5. The summed E-state index contributed by atoms with van der Waals surface area (Å²) in [7, 11) is 0. The number of ether oxygens (including phenoxy) is 1. The molecule has 0 saturated heterocycles. The molecule has 2 bridgehead atoms. The van der Waals surface area contributed by atoms with Crippen LogP contribution < -0.4 is 0 Å². The average Bonchev–Trinajstić information content (AvgIpc) is 2.56. The van der Waals surface area contributed by atoms with E-state index in [1.807, 2.05) is 13.8 Å². The molecule has 2 saturated carbocycles. The van der Waals surface area contributed by atoms with Gasteiger partial charge in [-0.05, 0) is 66.6 Å². The zero-order chi connectivity index (χ0) is 20.3. The Kier molecular flexibility index (Phi) is 5.11. The third-order valence-electron chi connectivity index (χ3n) is 7.85. The van der Waals surface area contributed by atoms with Crippen LogP contribution in [0.5, 0.6) is 0 Å². The monoisotopic (exact) mass is 378 g/mol. The highest BCUT2D eigenvalue weighted by atomic mass is 16.5. The maximum Gasteiger partial charge on any atom is 0.303 e. The molecule has 27 heavy (non-hydrogen) atoms. The summed E-state index contributed by atoms with van der Waals surface area (Å²) in [6, 6.07) is 0. The van der Waals surface area contributed by atoms with E-state index in [0.29, 0.717) is 19.3 Å². The smallest absolute Gasteiger partial charge is 0.303 e. The van der Waals surface area contributed by atoms with E-state index in [-0.39, 0.29) is 29.3 Å². The summed E-state index contributed by atoms with van der Waals surface area (Å²) in [5.41, 5.74) is 1.52. The van der Waals surface area contributed by atoms with Crippen LogP contribution in [0, 0.1) is 22.7 Å². The highest BCUT2D eigenvalue weighted by Crippen LogP contribution is 2.58. The second-order valence-electron chi connectivity index (χ2n) is 9.66. The van der Waals surface area contributed by atoms with E-state index in [0.717, 1.165) is 23.1 Å². The van der Waals surface area contributed by atoms with Gasteiger partial charge in [-0.25, -0.2) is 0 Å². The lowest BCUT2D eigenvalue weighted by Gasteiger charge is -2.57. The minimum absolute atomic E-state index is 0.0864. The van der Waals surface area contributed by atoms with Gasteiger partial charge in [-0.15, -0.1) is 0 Å². The second-order valence-corrected chi connectivity index (χ2v) is 9.66. The molecule has 5 heteroatoms.